The first kappa shape index (κ1) is 11.8. The third kappa shape index (κ3) is 1.58. The maximum absolute atomic E-state index is 6.18. The zero-order valence-corrected chi connectivity index (χ0v) is 13.3. The summed E-state index contributed by atoms with van der Waals surface area (Å²) >= 11 is 13.3. The van der Waals surface area contributed by atoms with Crippen molar-refractivity contribution in [3.63, 3.8) is 0 Å². The van der Waals surface area contributed by atoms with Crippen molar-refractivity contribution in [1.82, 2.24) is 14.4 Å². The smallest absolute Gasteiger partial charge is 0.157 e. The SMILES string of the molecule is Clc1cccn2c1nc1c3cc(Br)cc(Br)c3[nH]c12. The second-order valence-electron chi connectivity index (χ2n) is 4.29. The fourth-order valence-electron chi connectivity index (χ4n) is 2.35. The molecule has 0 radical (unpaired) electrons. The van der Waals surface area contributed by atoms with Gasteiger partial charge in [-0.25, -0.2) is 4.98 Å². The number of rotatable bonds is 0. The van der Waals surface area contributed by atoms with Gasteiger partial charge in [-0.05, 0) is 40.2 Å². The van der Waals surface area contributed by atoms with Gasteiger partial charge in [0, 0.05) is 20.5 Å². The number of imidazole rings is 1. The highest BCUT2D eigenvalue weighted by molar-refractivity contribution is 9.11. The lowest BCUT2D eigenvalue weighted by molar-refractivity contribution is 1.20. The minimum Gasteiger partial charge on any atom is -0.338 e. The van der Waals surface area contributed by atoms with Gasteiger partial charge in [0.15, 0.2) is 5.65 Å². The van der Waals surface area contributed by atoms with E-state index in [2.05, 4.69) is 47.9 Å². The molecule has 0 unspecified atom stereocenters. The summed E-state index contributed by atoms with van der Waals surface area (Å²) in [6.45, 7) is 0. The molecule has 0 fully saturated rings. The Morgan fingerprint density at radius 2 is 2.11 bits per heavy atom. The van der Waals surface area contributed by atoms with Crippen LogP contribution in [0.1, 0.15) is 0 Å². The lowest BCUT2D eigenvalue weighted by Crippen LogP contribution is -1.85. The van der Waals surface area contributed by atoms with Gasteiger partial charge in [-0.2, -0.15) is 0 Å². The van der Waals surface area contributed by atoms with E-state index < -0.39 is 0 Å². The van der Waals surface area contributed by atoms with Gasteiger partial charge in [0.05, 0.1) is 10.5 Å². The van der Waals surface area contributed by atoms with Crippen molar-refractivity contribution in [2.75, 3.05) is 0 Å². The molecule has 0 bridgehead atoms. The van der Waals surface area contributed by atoms with E-state index >= 15 is 0 Å². The average molecular weight is 399 g/mol. The summed E-state index contributed by atoms with van der Waals surface area (Å²) in [7, 11) is 0. The molecule has 3 nitrogen and oxygen atoms in total. The lowest BCUT2D eigenvalue weighted by Gasteiger charge is -1.97. The summed E-state index contributed by atoms with van der Waals surface area (Å²) in [4.78, 5) is 8.04. The largest absolute Gasteiger partial charge is 0.338 e. The molecule has 0 amide bonds. The number of nitrogens with zero attached hydrogens (tertiary/aromatic N) is 2. The standard InChI is InChI=1S/C13H6Br2ClN3/c14-6-4-7-10(8(15)5-6)17-13-11(7)18-12-9(16)2-1-3-19(12)13/h1-5,17H. The number of hydrogen-bond donors (Lipinski definition) is 1. The summed E-state index contributed by atoms with van der Waals surface area (Å²) in [5, 5.41) is 1.71. The highest BCUT2D eigenvalue weighted by atomic mass is 79.9. The summed E-state index contributed by atoms with van der Waals surface area (Å²) in [5.41, 5.74) is 3.68. The Hall–Kier alpha value is -1.04. The number of nitrogens with one attached hydrogen (secondary N) is 1. The van der Waals surface area contributed by atoms with E-state index in [1.165, 1.54) is 0 Å². The maximum Gasteiger partial charge on any atom is 0.157 e. The van der Waals surface area contributed by atoms with Crippen LogP contribution in [0, 0.1) is 0 Å². The number of pyridine rings is 1. The van der Waals surface area contributed by atoms with Crippen LogP contribution >= 0.6 is 43.5 Å². The predicted octanol–water partition coefficient (Wildman–Crippen LogP) is 5.15. The molecule has 0 aliphatic heterocycles. The lowest BCUT2D eigenvalue weighted by atomic mass is 10.2. The van der Waals surface area contributed by atoms with E-state index in [4.69, 9.17) is 11.6 Å². The Balaban J connectivity index is 2.30. The van der Waals surface area contributed by atoms with E-state index in [0.717, 1.165) is 36.7 Å². The number of hydrogen-bond acceptors (Lipinski definition) is 1. The van der Waals surface area contributed by atoms with Crippen LogP contribution in [0.4, 0.5) is 0 Å². The molecule has 94 valence electrons. The van der Waals surface area contributed by atoms with Crippen molar-refractivity contribution in [3.8, 4) is 0 Å². The molecule has 0 aliphatic carbocycles. The molecule has 4 rings (SSSR count). The second-order valence-corrected chi connectivity index (χ2v) is 6.47. The zero-order valence-electron chi connectivity index (χ0n) is 9.42. The van der Waals surface area contributed by atoms with Crippen molar-refractivity contribution < 1.29 is 0 Å². The predicted molar refractivity (Wildman–Crippen MR) is 85.0 cm³/mol. The molecule has 4 aromatic rings. The van der Waals surface area contributed by atoms with Gasteiger partial charge in [-0.3, -0.25) is 4.40 Å². The molecule has 0 saturated heterocycles. The third-order valence-corrected chi connectivity index (χ3v) is 4.53. The van der Waals surface area contributed by atoms with Gasteiger partial charge in [-0.1, -0.05) is 27.5 Å². The molecule has 3 heterocycles. The first-order valence-corrected chi connectivity index (χ1v) is 7.54. The van der Waals surface area contributed by atoms with E-state index in [9.17, 15) is 0 Å². The molecule has 6 heteroatoms. The number of benzene rings is 1. The van der Waals surface area contributed by atoms with Gasteiger partial charge in [0.25, 0.3) is 0 Å². The molecule has 0 aliphatic rings. The maximum atomic E-state index is 6.18. The Kier molecular flexibility index (Phi) is 2.46. The Bertz CT molecular complexity index is 955. The fourth-order valence-corrected chi connectivity index (χ4v) is 3.88. The molecule has 19 heavy (non-hydrogen) atoms. The Labute approximate surface area is 129 Å². The number of H-pyrrole nitrogens is 1. The zero-order chi connectivity index (χ0) is 13.1. The fraction of sp³-hybridized carbons (Fsp3) is 0. The molecular weight excluding hydrogens is 393 g/mol. The number of halogens is 3. The van der Waals surface area contributed by atoms with Crippen LogP contribution in [0.3, 0.4) is 0 Å². The molecular formula is C13H6Br2ClN3. The summed E-state index contributed by atoms with van der Waals surface area (Å²) in [6.07, 6.45) is 1.95. The van der Waals surface area contributed by atoms with Gasteiger partial charge in [0.2, 0.25) is 0 Å². The number of fused-ring (bicyclic) bond motifs is 5. The van der Waals surface area contributed by atoms with Gasteiger partial charge in [0.1, 0.15) is 11.2 Å². The van der Waals surface area contributed by atoms with Crippen molar-refractivity contribution >= 4 is 71.2 Å². The van der Waals surface area contributed by atoms with Crippen LogP contribution in [-0.2, 0) is 0 Å². The molecule has 1 aromatic carbocycles. The van der Waals surface area contributed by atoms with Gasteiger partial charge >= 0.3 is 0 Å². The van der Waals surface area contributed by atoms with Crippen molar-refractivity contribution in [1.29, 1.82) is 0 Å². The van der Waals surface area contributed by atoms with Crippen LogP contribution in [0.25, 0.3) is 27.7 Å². The summed E-state index contributed by atoms with van der Waals surface area (Å²) in [5.74, 6) is 0. The molecule has 0 saturated carbocycles. The van der Waals surface area contributed by atoms with E-state index in [1.54, 1.807) is 0 Å². The molecule has 3 aromatic heterocycles. The average Bonchev–Trinajstić information content (AvgIpc) is 2.88. The van der Waals surface area contributed by atoms with E-state index in [0.29, 0.717) is 5.02 Å². The van der Waals surface area contributed by atoms with Crippen LogP contribution < -0.4 is 0 Å². The minimum atomic E-state index is 0.648. The quantitative estimate of drug-likeness (QED) is 0.436. The van der Waals surface area contributed by atoms with Crippen molar-refractivity contribution in [2.45, 2.75) is 0 Å². The molecule has 0 atom stereocenters. The first-order valence-electron chi connectivity index (χ1n) is 5.58. The molecule has 0 spiro atoms. The van der Waals surface area contributed by atoms with Crippen LogP contribution in [0.15, 0.2) is 39.4 Å². The van der Waals surface area contributed by atoms with E-state index in [-0.39, 0.29) is 0 Å². The topological polar surface area (TPSA) is 33.1 Å². The molecule has 1 N–H and O–H groups in total. The highest BCUT2D eigenvalue weighted by Gasteiger charge is 2.14. The highest BCUT2D eigenvalue weighted by Crippen LogP contribution is 2.34. The van der Waals surface area contributed by atoms with Crippen LogP contribution in [0.5, 0.6) is 0 Å². The van der Waals surface area contributed by atoms with E-state index in [1.807, 2.05) is 28.8 Å². The summed E-state index contributed by atoms with van der Waals surface area (Å²) in [6, 6.07) is 7.82. The van der Waals surface area contributed by atoms with Gasteiger partial charge < -0.3 is 4.98 Å². The van der Waals surface area contributed by atoms with Crippen LogP contribution in [0.2, 0.25) is 5.02 Å². The number of aromatic amines is 1. The Morgan fingerprint density at radius 1 is 1.26 bits per heavy atom. The number of aromatic nitrogens is 3. The first-order chi connectivity index (χ1) is 9.15. The third-order valence-electron chi connectivity index (χ3n) is 3.16. The van der Waals surface area contributed by atoms with Crippen molar-refractivity contribution in [2.24, 2.45) is 0 Å². The Morgan fingerprint density at radius 3 is 2.95 bits per heavy atom. The monoisotopic (exact) mass is 397 g/mol. The van der Waals surface area contributed by atoms with Crippen LogP contribution in [-0.4, -0.2) is 14.4 Å². The minimum absolute atomic E-state index is 0.648. The normalized spacial score (nSPS) is 11.9. The second kappa shape index (κ2) is 3.98. The van der Waals surface area contributed by atoms with Gasteiger partial charge in [-0.15, -0.1) is 0 Å². The van der Waals surface area contributed by atoms with Crippen molar-refractivity contribution in [3.05, 3.63) is 44.4 Å². The summed E-state index contributed by atoms with van der Waals surface area (Å²) < 4.78 is 3.99.